The fourth-order valence-corrected chi connectivity index (χ4v) is 10.1. The molecule has 0 spiro atoms. The molecule has 1 aromatic heterocycles. The Balaban J connectivity index is 1.88. The molecule has 4 fully saturated rings. The highest BCUT2D eigenvalue weighted by Crippen LogP contribution is 2.70. The van der Waals surface area contributed by atoms with Gasteiger partial charge in [0, 0.05) is 35.7 Å². The van der Waals surface area contributed by atoms with Crippen LogP contribution in [0.3, 0.4) is 0 Å². The molecule has 2 bridgehead atoms. The summed E-state index contributed by atoms with van der Waals surface area (Å²) in [4.78, 5) is 66.8. The van der Waals surface area contributed by atoms with Crippen LogP contribution in [0.25, 0.3) is 0 Å². The second-order valence-corrected chi connectivity index (χ2v) is 16.6. The molecule has 2 saturated carbocycles. The fraction of sp³-hybridized carbons (Fsp3) is 0.683. The maximum absolute atomic E-state index is 14.1. The van der Waals surface area contributed by atoms with Gasteiger partial charge in [0.25, 0.3) is 12.4 Å². The quantitative estimate of drug-likeness (QED) is 0.0854. The van der Waals surface area contributed by atoms with Crippen molar-refractivity contribution in [1.29, 1.82) is 0 Å². The lowest BCUT2D eigenvalue weighted by Crippen LogP contribution is -2.72. The third-order valence-corrected chi connectivity index (χ3v) is 13.6. The number of carbonyl (C=O) groups is 5. The van der Waals surface area contributed by atoms with Crippen LogP contribution in [0.4, 0.5) is 0 Å². The van der Waals surface area contributed by atoms with Gasteiger partial charge in [-0.25, -0.2) is 9.59 Å². The topological polar surface area (TPSA) is 224 Å². The zero-order valence-corrected chi connectivity index (χ0v) is 34.0. The summed E-state index contributed by atoms with van der Waals surface area (Å²) in [5, 5.41) is 36.6. The lowest BCUT2D eigenvalue weighted by atomic mass is 9.46. The molecule has 14 atom stereocenters. The van der Waals surface area contributed by atoms with Gasteiger partial charge in [0.1, 0.15) is 30.0 Å². The number of carbonyl (C=O) groups excluding carboxylic acids is 5. The molecule has 3 heterocycles. The molecule has 16 nitrogen and oxygen atoms in total. The number of esters is 4. The van der Waals surface area contributed by atoms with Crippen molar-refractivity contribution in [2.45, 2.75) is 135 Å². The van der Waals surface area contributed by atoms with E-state index >= 15 is 0 Å². The SMILES string of the molecule is C=C1C(C2(C)C(OC(C)=O)CC3(O)OCC(C)(O3)C2CC(=O)OC)C(OC=O)C(OC(=O)C(O)C(C)CC)C2(C)C(c3ccoc3)CC(OC(=O)C(C)=CC)C12O. The van der Waals surface area contributed by atoms with E-state index < -0.39 is 119 Å². The van der Waals surface area contributed by atoms with Crippen molar-refractivity contribution in [3.63, 3.8) is 0 Å². The maximum atomic E-state index is 14.1. The van der Waals surface area contributed by atoms with E-state index in [1.807, 2.05) is 0 Å². The molecule has 5 rings (SSSR count). The summed E-state index contributed by atoms with van der Waals surface area (Å²) in [5.41, 5.74) is -6.76. The van der Waals surface area contributed by atoms with Gasteiger partial charge >= 0.3 is 23.9 Å². The molecule has 1 aromatic rings. The standard InChI is InChI=1S/C41H56O16/c1-11-21(3)32(45)36(47)56-34-33(52-20-42)31(38(8)27(16-30(44)50-10)37(7)19-53-40(48,57-37)17-29(38)54-24(6)43)23(5)41(49)28(55-35(46)22(4)12-2)15-26(39(34,41)9)25-13-14-51-18-25/h12-14,18,20-21,26-29,31-34,45,48-49H,5,11,15-17,19H2,1-4,6-10H3. The average Bonchev–Trinajstić information content (AvgIpc) is 3.86. The predicted molar refractivity (Wildman–Crippen MR) is 196 cm³/mol. The largest absolute Gasteiger partial charge is 0.472 e. The third-order valence-electron chi connectivity index (χ3n) is 13.6. The van der Waals surface area contributed by atoms with Crippen LogP contribution in [0.2, 0.25) is 0 Å². The van der Waals surface area contributed by atoms with E-state index in [0.717, 1.165) is 6.92 Å². The molecule has 0 amide bonds. The van der Waals surface area contributed by atoms with Crippen molar-refractivity contribution in [1.82, 2.24) is 0 Å². The molecular formula is C41H56O16. The highest BCUT2D eigenvalue weighted by molar-refractivity contribution is 5.88. The van der Waals surface area contributed by atoms with Crippen LogP contribution in [0.1, 0.15) is 92.6 Å². The molecule has 0 aromatic carbocycles. The Kier molecular flexibility index (Phi) is 12.3. The Labute approximate surface area is 331 Å². The van der Waals surface area contributed by atoms with Crippen LogP contribution in [-0.2, 0) is 57.1 Å². The number of hydrogen-bond donors (Lipinski definition) is 3. The average molecular weight is 805 g/mol. The van der Waals surface area contributed by atoms with Gasteiger partial charge in [0.05, 0.1) is 50.1 Å². The number of ether oxygens (including phenoxy) is 7. The minimum Gasteiger partial charge on any atom is -0.472 e. The first-order valence-corrected chi connectivity index (χ1v) is 19.2. The zero-order valence-electron chi connectivity index (χ0n) is 34.0. The summed E-state index contributed by atoms with van der Waals surface area (Å²) < 4.78 is 46.9. The second kappa shape index (κ2) is 15.9. The highest BCUT2D eigenvalue weighted by Gasteiger charge is 2.79. The van der Waals surface area contributed by atoms with Crippen molar-refractivity contribution in [3.8, 4) is 0 Å². The lowest BCUT2D eigenvalue weighted by molar-refractivity contribution is -0.328. The lowest BCUT2D eigenvalue weighted by Gasteiger charge is -2.62. The van der Waals surface area contributed by atoms with E-state index in [0.29, 0.717) is 12.0 Å². The Morgan fingerprint density at radius 2 is 1.77 bits per heavy atom. The van der Waals surface area contributed by atoms with Gasteiger partial charge in [0.2, 0.25) is 0 Å². The molecule has 2 aliphatic carbocycles. The van der Waals surface area contributed by atoms with Crippen molar-refractivity contribution >= 4 is 30.3 Å². The summed E-state index contributed by atoms with van der Waals surface area (Å²) in [6.45, 7) is 16.9. The Morgan fingerprint density at radius 3 is 2.33 bits per heavy atom. The van der Waals surface area contributed by atoms with Crippen LogP contribution < -0.4 is 0 Å². The Morgan fingerprint density at radius 1 is 1.09 bits per heavy atom. The monoisotopic (exact) mass is 804 g/mol. The molecule has 316 valence electrons. The number of hydrogen-bond acceptors (Lipinski definition) is 16. The molecule has 16 heteroatoms. The van der Waals surface area contributed by atoms with Crippen LogP contribution in [0, 0.1) is 28.6 Å². The number of methoxy groups -OCH3 is 1. The fourth-order valence-electron chi connectivity index (χ4n) is 10.1. The maximum Gasteiger partial charge on any atom is 0.335 e. The van der Waals surface area contributed by atoms with Gasteiger partial charge in [0.15, 0.2) is 6.10 Å². The van der Waals surface area contributed by atoms with Gasteiger partial charge in [-0.15, -0.1) is 0 Å². The number of rotatable bonds is 13. The summed E-state index contributed by atoms with van der Waals surface area (Å²) >= 11 is 0. The van der Waals surface area contributed by atoms with Gasteiger partial charge < -0.3 is 52.9 Å². The normalized spacial score (nSPS) is 39.9. The Bertz CT molecular complexity index is 1760. The minimum atomic E-state index is -2.36. The van der Waals surface area contributed by atoms with E-state index in [-0.39, 0.29) is 30.6 Å². The van der Waals surface area contributed by atoms with Crippen molar-refractivity contribution < 1.29 is 76.9 Å². The molecule has 3 N–H and O–H groups in total. The zero-order chi connectivity index (χ0) is 42.5. The summed E-state index contributed by atoms with van der Waals surface area (Å²) in [5.74, 6) is -9.75. The first kappa shape index (κ1) is 44.0. The van der Waals surface area contributed by atoms with Crippen molar-refractivity contribution in [3.05, 3.63) is 48.0 Å². The van der Waals surface area contributed by atoms with Crippen LogP contribution in [-0.4, -0.2) is 107 Å². The molecule has 57 heavy (non-hydrogen) atoms. The summed E-state index contributed by atoms with van der Waals surface area (Å²) in [7, 11) is 1.18. The first-order chi connectivity index (χ1) is 26.6. The van der Waals surface area contributed by atoms with Crippen molar-refractivity contribution in [2.24, 2.45) is 28.6 Å². The van der Waals surface area contributed by atoms with E-state index in [1.54, 1.807) is 47.6 Å². The van der Waals surface area contributed by atoms with Crippen LogP contribution in [0.15, 0.2) is 46.8 Å². The number of furan rings is 1. The first-order valence-electron chi connectivity index (χ1n) is 19.2. The predicted octanol–water partition coefficient (Wildman–Crippen LogP) is 3.40. The van der Waals surface area contributed by atoms with E-state index in [4.69, 9.17) is 37.6 Å². The molecule has 2 aliphatic heterocycles. The molecule has 14 unspecified atom stereocenters. The second-order valence-electron chi connectivity index (χ2n) is 16.6. The molecular weight excluding hydrogens is 748 g/mol. The highest BCUT2D eigenvalue weighted by atomic mass is 16.9. The molecule has 2 saturated heterocycles. The molecule has 4 aliphatic rings. The Hall–Kier alpha value is -4.09. The van der Waals surface area contributed by atoms with E-state index in [2.05, 4.69) is 6.58 Å². The van der Waals surface area contributed by atoms with Crippen LogP contribution >= 0.6 is 0 Å². The van der Waals surface area contributed by atoms with Gasteiger partial charge in [-0.3, -0.25) is 14.4 Å². The van der Waals surface area contributed by atoms with Gasteiger partial charge in [-0.05, 0) is 50.3 Å². The summed E-state index contributed by atoms with van der Waals surface area (Å²) in [6, 6.07) is 1.64. The minimum absolute atomic E-state index is 0.0825. The van der Waals surface area contributed by atoms with E-state index in [9.17, 15) is 39.3 Å². The third kappa shape index (κ3) is 7.10. The molecule has 0 radical (unpaired) electrons. The van der Waals surface area contributed by atoms with Crippen LogP contribution in [0.5, 0.6) is 0 Å². The number of aliphatic hydroxyl groups excluding tert-OH is 1. The number of aliphatic hydroxyl groups is 3. The number of fused-ring (bicyclic) bond motifs is 3. The number of allylic oxidation sites excluding steroid dienone is 1. The van der Waals surface area contributed by atoms with Crippen molar-refractivity contribution in [2.75, 3.05) is 13.7 Å². The van der Waals surface area contributed by atoms with E-state index in [1.165, 1.54) is 32.6 Å². The van der Waals surface area contributed by atoms with Gasteiger partial charge in [-0.2, -0.15) is 0 Å². The smallest absolute Gasteiger partial charge is 0.335 e. The summed E-state index contributed by atoms with van der Waals surface area (Å²) in [6.07, 6.45) is -4.07. The van der Waals surface area contributed by atoms with Gasteiger partial charge in [-0.1, -0.05) is 46.8 Å².